The maximum absolute atomic E-state index is 12.9. The molecule has 4 aromatic rings. The third-order valence-corrected chi connectivity index (χ3v) is 28.0. The van der Waals surface area contributed by atoms with Crippen LogP contribution in [0.5, 0.6) is 17.2 Å². The Kier molecular flexibility index (Phi) is 27.0. The molecule has 6 atom stereocenters. The van der Waals surface area contributed by atoms with Crippen LogP contribution in [0.1, 0.15) is 90.4 Å². The minimum Gasteiger partial charge on any atom is -0.466 e. The Hall–Kier alpha value is -3.72. The van der Waals surface area contributed by atoms with Gasteiger partial charge in [-0.1, -0.05) is 85.4 Å². The van der Waals surface area contributed by atoms with Crippen LogP contribution in [0.15, 0.2) is 140 Å². The Morgan fingerprint density at radius 2 is 0.920 bits per heavy atom. The van der Waals surface area contributed by atoms with E-state index in [1.807, 2.05) is 0 Å². The molecule has 486 valence electrons. The van der Waals surface area contributed by atoms with Crippen molar-refractivity contribution in [3.8, 4) is 17.2 Å². The zero-order chi connectivity index (χ0) is 64.4. The predicted molar refractivity (Wildman–Crippen MR) is 321 cm³/mol. The van der Waals surface area contributed by atoms with Gasteiger partial charge in [-0.15, -0.1) is 0 Å². The second-order valence-electron chi connectivity index (χ2n) is 19.2. The Morgan fingerprint density at radius 1 is 0.586 bits per heavy atom. The normalized spacial score (nSPS) is 31.1. The second kappa shape index (κ2) is 31.1. The lowest BCUT2D eigenvalue weighted by Gasteiger charge is -2.41. The smallest absolute Gasteiger partial charge is 0.374 e. The summed E-state index contributed by atoms with van der Waals surface area (Å²) in [6.07, 6.45) is -6.69. The minimum absolute atomic E-state index is 0. The average molecular weight is 1380 g/mol. The molecular weight excluding hydrogens is 1310 g/mol. The molecule has 0 aliphatic carbocycles. The minimum atomic E-state index is -5.02. The number of benzene rings is 4. The van der Waals surface area contributed by atoms with E-state index in [4.69, 9.17) is 72.9 Å². The molecule has 0 aromatic heterocycles. The first-order chi connectivity index (χ1) is 39.8. The highest BCUT2D eigenvalue weighted by Gasteiger charge is 2.68. The quantitative estimate of drug-likeness (QED) is 0.0261. The van der Waals surface area contributed by atoms with E-state index >= 15 is 0 Å². The molecule has 87 heavy (non-hydrogen) atoms. The Balaban J connectivity index is 0.000000278. The monoisotopic (exact) mass is 1380 g/mol. The molecule has 0 radical (unpaired) electrons. The molecule has 36 heteroatoms. The standard InChI is InChI=1S/C18H19ClO8P2S.C17H27NO9P2.C15H23NO9P2.CH4/c1-3-24-12(2)25-16-7-5-4-6-15(16)17-26-28(20,21)18(29(22,23)27-17)30-14-10-8-13(19)9-11-14;1-12(2)24-13(3)25-15-9-7-6-8-14(15)16-26-28(20,21)17(19,10-11-18(4)5)29(22,23)27-16;1-10(2)22-11(3)23-13-7-5-4-6-12(13)14-24-26(18,19)15(17,8-9-16)27(20,21)25-14;/h4-11,17-18H,2-3H2,1H3,(H,20,21)(H,22,23);6-9,12,16,19H,3,10-11H2,1-2,4-5H3,(H,20,21)(H,22,23);4-7,10,14,17H,3,8-9,16H2,1-2H3,(H,18,19)(H,20,21);1H4. The molecule has 0 saturated carbocycles. The summed E-state index contributed by atoms with van der Waals surface area (Å²) in [4.78, 5) is 63.9. The van der Waals surface area contributed by atoms with Crippen LogP contribution < -0.4 is 19.9 Å². The number of nitrogens with two attached hydrogens (primary N) is 1. The fourth-order valence-corrected chi connectivity index (χ4v) is 20.4. The van der Waals surface area contributed by atoms with Crippen LogP contribution in [0, 0.1) is 0 Å². The maximum Gasteiger partial charge on any atom is 0.374 e. The number of thioether (sulfide) groups is 1. The van der Waals surface area contributed by atoms with E-state index in [1.54, 1.807) is 108 Å². The largest absolute Gasteiger partial charge is 0.466 e. The second-order valence-corrected chi connectivity index (χ2v) is 34.3. The molecule has 28 nitrogen and oxygen atoms in total. The van der Waals surface area contributed by atoms with Gasteiger partial charge in [-0.05, 0) is 117 Å². The summed E-state index contributed by atoms with van der Waals surface area (Å²) in [6.45, 7) is 19.6. The molecule has 10 N–H and O–H groups in total. The first-order valence-corrected chi connectivity index (χ1v) is 36.3. The van der Waals surface area contributed by atoms with Crippen molar-refractivity contribution in [1.82, 2.24) is 4.90 Å². The highest BCUT2D eigenvalue weighted by atomic mass is 35.5. The van der Waals surface area contributed by atoms with Crippen molar-refractivity contribution in [3.63, 3.8) is 0 Å². The van der Waals surface area contributed by atoms with Crippen LogP contribution in [-0.4, -0.2) is 105 Å². The van der Waals surface area contributed by atoms with Crippen molar-refractivity contribution >= 4 is 68.9 Å². The van der Waals surface area contributed by atoms with E-state index in [0.717, 1.165) is 0 Å². The number of aliphatic hydroxyl groups is 2. The van der Waals surface area contributed by atoms with Crippen LogP contribution >= 0.6 is 68.9 Å². The molecule has 3 aliphatic heterocycles. The third-order valence-electron chi connectivity index (χ3n) is 11.5. The van der Waals surface area contributed by atoms with Crippen molar-refractivity contribution < 1.29 is 123 Å². The topological polar surface area (TPSA) is 404 Å². The van der Waals surface area contributed by atoms with Crippen LogP contribution in [0.4, 0.5) is 0 Å². The highest BCUT2D eigenvalue weighted by molar-refractivity contribution is 8.12. The van der Waals surface area contributed by atoms with Gasteiger partial charge >= 0.3 is 45.6 Å². The third kappa shape index (κ3) is 19.2. The molecule has 3 saturated heterocycles. The molecule has 3 heterocycles. The van der Waals surface area contributed by atoms with Crippen molar-refractivity contribution in [3.05, 3.63) is 156 Å². The fraction of sp³-hybridized carbons (Fsp3) is 0.412. The van der Waals surface area contributed by atoms with Gasteiger partial charge in [-0.2, -0.15) is 0 Å². The summed E-state index contributed by atoms with van der Waals surface area (Å²) in [5, 5.41) is 15.3. The van der Waals surface area contributed by atoms with Gasteiger partial charge in [0.05, 0.1) is 35.5 Å². The van der Waals surface area contributed by atoms with Crippen molar-refractivity contribution in [2.75, 3.05) is 33.8 Å². The molecule has 3 fully saturated rings. The van der Waals surface area contributed by atoms with Gasteiger partial charge in [0.1, 0.15) is 17.2 Å². The number of nitrogens with zero attached hydrogens (tertiary/aromatic N) is 1. The Bertz CT molecular complexity index is 3260. The molecule has 4 aromatic carbocycles. The number of ether oxygens (including phenoxy) is 6. The van der Waals surface area contributed by atoms with Gasteiger partial charge in [0.2, 0.25) is 23.6 Å². The number of hydrogen-bond acceptors (Lipinski definition) is 23. The van der Waals surface area contributed by atoms with Crippen LogP contribution in [0.25, 0.3) is 0 Å². The zero-order valence-corrected chi connectivity index (χ0v) is 54.2. The molecule has 6 unspecified atom stereocenters. The lowest BCUT2D eigenvalue weighted by atomic mass is 10.2. The average Bonchev–Trinajstić information content (AvgIpc) is 0.770. The van der Waals surface area contributed by atoms with Gasteiger partial charge in [-0.3, -0.25) is 54.5 Å². The van der Waals surface area contributed by atoms with Crippen LogP contribution in [0.2, 0.25) is 5.02 Å². The SMILES string of the molecule is C.C=C(OCC)Oc1ccccc1C1OP(=O)(O)C(Sc2ccc(Cl)cc2)P(=O)(O)O1.C=C(Oc1ccccc1C1OP(=O)(O)C(O)(CCN(C)C)P(=O)(O)O1)OC(C)C.C=C(Oc1ccccc1C1OP(=O)(O)C(O)(CCN)P(=O)(O)O1)OC(C)C. The van der Waals surface area contributed by atoms with E-state index in [0.29, 0.717) is 28.3 Å². The van der Waals surface area contributed by atoms with Crippen molar-refractivity contribution in [2.45, 2.75) is 106 Å². The Morgan fingerprint density at radius 3 is 1.25 bits per heavy atom. The summed E-state index contributed by atoms with van der Waals surface area (Å²) in [5.74, 6) is 0.165. The van der Waals surface area contributed by atoms with E-state index in [1.165, 1.54) is 42.5 Å². The summed E-state index contributed by atoms with van der Waals surface area (Å²) < 4.78 is 137. The molecule has 0 spiro atoms. The molecule has 7 rings (SSSR count). The summed E-state index contributed by atoms with van der Waals surface area (Å²) in [7, 11) is -26.0. The number of hydrogen-bond donors (Lipinski definition) is 9. The van der Waals surface area contributed by atoms with Crippen LogP contribution in [0.3, 0.4) is 0 Å². The molecule has 0 amide bonds. The van der Waals surface area contributed by atoms with Crippen molar-refractivity contribution in [2.24, 2.45) is 5.73 Å². The first-order valence-electron chi connectivity index (χ1n) is 25.5. The predicted octanol–water partition coefficient (Wildman–Crippen LogP) is 11.7. The summed E-state index contributed by atoms with van der Waals surface area (Å²) >= 11 is 6.54. The van der Waals surface area contributed by atoms with E-state index < -0.39 is 92.2 Å². The lowest BCUT2D eigenvalue weighted by molar-refractivity contribution is -0.0619. The van der Waals surface area contributed by atoms with Crippen LogP contribution in [-0.2, 0) is 68.7 Å². The fourth-order valence-electron chi connectivity index (χ4n) is 7.47. The van der Waals surface area contributed by atoms with Gasteiger partial charge in [0.15, 0.2) is 0 Å². The maximum atomic E-state index is 12.9. The first kappa shape index (κ1) is 75.7. The van der Waals surface area contributed by atoms with Gasteiger partial charge < -0.3 is 78.6 Å². The van der Waals surface area contributed by atoms with Crippen molar-refractivity contribution in [1.29, 1.82) is 0 Å². The highest BCUT2D eigenvalue weighted by Crippen LogP contribution is 2.81. The zero-order valence-electron chi connectivity index (χ0n) is 47.3. The molecular formula is C51H73ClN2O26P6S. The Labute approximate surface area is 512 Å². The van der Waals surface area contributed by atoms with Gasteiger partial charge in [0.25, 0.3) is 28.0 Å². The number of rotatable bonds is 22. The van der Waals surface area contributed by atoms with Gasteiger partial charge in [0, 0.05) is 29.3 Å². The summed E-state index contributed by atoms with van der Waals surface area (Å²) in [6, 6.07) is 24.5. The molecule has 3 aliphatic rings. The summed E-state index contributed by atoms with van der Waals surface area (Å²) in [5.41, 5.74) is 5.49. The molecule has 0 bridgehead atoms. The van der Waals surface area contributed by atoms with E-state index in [-0.39, 0.29) is 84.5 Å². The van der Waals surface area contributed by atoms with E-state index in [2.05, 4.69) is 19.7 Å². The van der Waals surface area contributed by atoms with Gasteiger partial charge in [-0.25, -0.2) is 0 Å². The number of halogens is 1. The van der Waals surface area contributed by atoms with E-state index in [9.17, 15) is 67.0 Å². The lowest BCUT2D eigenvalue weighted by Crippen LogP contribution is -2.38. The number of para-hydroxylation sites is 3.